The lowest BCUT2D eigenvalue weighted by atomic mass is 9.89. The van der Waals surface area contributed by atoms with Crippen LogP contribution >= 0.6 is 0 Å². The summed E-state index contributed by atoms with van der Waals surface area (Å²) in [5.74, 6) is -0.820. The molecule has 0 fully saturated rings. The Kier molecular flexibility index (Phi) is 64.1. The van der Waals surface area contributed by atoms with Gasteiger partial charge in [-0.15, -0.1) is 0 Å². The van der Waals surface area contributed by atoms with Gasteiger partial charge in [-0.05, 0) is 37.0 Å². The Labute approximate surface area is 259 Å². The Morgan fingerprint density at radius 1 is 0.707 bits per heavy atom. The summed E-state index contributed by atoms with van der Waals surface area (Å²) in [6, 6.07) is 6.67. The summed E-state index contributed by atoms with van der Waals surface area (Å²) in [5, 5.41) is 25.8. The van der Waals surface area contributed by atoms with Crippen LogP contribution in [0.15, 0.2) is 36.6 Å². The first-order valence-corrected chi connectivity index (χ1v) is 16.9. The summed E-state index contributed by atoms with van der Waals surface area (Å²) in [6.45, 7) is 26.8. The number of aliphatic carboxylic acids is 1. The van der Waals surface area contributed by atoms with Crippen LogP contribution in [0.3, 0.4) is 0 Å². The van der Waals surface area contributed by atoms with Crippen LogP contribution in [0.4, 0.5) is 0 Å². The zero-order chi connectivity index (χ0) is 33.3. The third-order valence-corrected chi connectivity index (χ3v) is 5.33. The van der Waals surface area contributed by atoms with Gasteiger partial charge in [0.25, 0.3) is 0 Å². The fourth-order valence-electron chi connectivity index (χ4n) is 3.02. The van der Waals surface area contributed by atoms with Crippen LogP contribution in [0.2, 0.25) is 0 Å². The molecular weight excluding hydrogens is 508 g/mol. The van der Waals surface area contributed by atoms with Crippen LogP contribution in [0.5, 0.6) is 5.75 Å². The van der Waals surface area contributed by atoms with E-state index in [-0.39, 0.29) is 17.6 Å². The maximum absolute atomic E-state index is 11.0. The number of benzene rings is 1. The summed E-state index contributed by atoms with van der Waals surface area (Å²) in [6.07, 6.45) is 19.8. The Morgan fingerprint density at radius 3 is 1.22 bits per heavy atom. The van der Waals surface area contributed by atoms with Crippen LogP contribution in [-0.4, -0.2) is 21.3 Å². The lowest BCUT2D eigenvalue weighted by Gasteiger charge is -2.15. The zero-order valence-corrected chi connectivity index (χ0v) is 30.1. The van der Waals surface area contributed by atoms with Crippen molar-refractivity contribution in [3.8, 4) is 5.75 Å². The highest BCUT2D eigenvalue weighted by molar-refractivity contribution is 5.70. The second-order valence-corrected chi connectivity index (χ2v) is 9.72. The highest BCUT2D eigenvalue weighted by Gasteiger charge is 2.21. The molecule has 0 saturated heterocycles. The molecule has 0 radical (unpaired) electrons. The number of phenols is 1. The van der Waals surface area contributed by atoms with Crippen LogP contribution < -0.4 is 0 Å². The molecule has 0 aliphatic carbocycles. The van der Waals surface area contributed by atoms with Crippen molar-refractivity contribution in [3.05, 3.63) is 42.2 Å². The molecule has 0 spiro atoms. The molecule has 1 aromatic carbocycles. The van der Waals surface area contributed by atoms with Crippen molar-refractivity contribution in [1.29, 1.82) is 0 Å². The van der Waals surface area contributed by atoms with Crippen molar-refractivity contribution >= 4 is 5.97 Å². The van der Waals surface area contributed by atoms with Gasteiger partial charge in [0.15, 0.2) is 0 Å². The second kappa shape index (κ2) is 50.8. The third-order valence-electron chi connectivity index (χ3n) is 5.33. The topological polar surface area (TPSA) is 77.8 Å². The standard InChI is InChI=1S/C12H16O3.C8H18.C7H16.C3H6O.C3H8.2C2H6/c1-8(2)11(12(14)15)7-9-3-5-10(13)6-4-9;1-3-5-7-8-6-4-2;1-3-5-7-6-4-2;1-2-3-4;1-3-2;2*1-2/h3-6,8,11,13H,7H2,1-2H3,(H,14,15);3-8H2,1-2H3;3-7H2,1-2H3;2-4H,1H3;3H2,1-2H3;2*1-2H3/b;;;3-2+;;;/t11-;;;;;;/m0....../s1. The van der Waals surface area contributed by atoms with E-state index in [1.807, 2.05) is 41.5 Å². The largest absolute Gasteiger partial charge is 0.516 e. The molecule has 3 N–H and O–H groups in total. The number of aliphatic hydroxyl groups is 1. The lowest BCUT2D eigenvalue weighted by Crippen LogP contribution is -2.22. The van der Waals surface area contributed by atoms with Crippen molar-refractivity contribution in [3.63, 3.8) is 0 Å². The number of unbranched alkanes of at least 4 members (excludes halogenated alkanes) is 9. The molecule has 0 heterocycles. The molecule has 1 rings (SSSR count). The van der Waals surface area contributed by atoms with Crippen LogP contribution in [0.25, 0.3) is 0 Å². The predicted octanol–water partition coefficient (Wildman–Crippen LogP) is 13.2. The number of hydrogen-bond acceptors (Lipinski definition) is 3. The Morgan fingerprint density at radius 2 is 1.00 bits per heavy atom. The fraction of sp³-hybridized carbons (Fsp3) is 0.757. The number of carboxylic acid groups (broad SMARTS) is 1. The summed E-state index contributed by atoms with van der Waals surface area (Å²) >= 11 is 0. The van der Waals surface area contributed by atoms with Crippen LogP contribution in [0, 0.1) is 11.8 Å². The highest BCUT2D eigenvalue weighted by Crippen LogP contribution is 2.19. The van der Waals surface area contributed by atoms with Crippen LogP contribution in [-0.2, 0) is 11.2 Å². The smallest absolute Gasteiger partial charge is 0.307 e. The first kappa shape index (κ1) is 51.7. The van der Waals surface area contributed by atoms with Gasteiger partial charge < -0.3 is 15.3 Å². The van der Waals surface area contributed by atoms with Crippen molar-refractivity contribution < 1.29 is 20.1 Å². The molecule has 248 valence electrons. The normalized spacial score (nSPS) is 9.80. The number of carboxylic acids is 1. The molecule has 41 heavy (non-hydrogen) atoms. The second-order valence-electron chi connectivity index (χ2n) is 9.72. The molecule has 1 atom stereocenters. The van der Waals surface area contributed by atoms with E-state index < -0.39 is 5.97 Å². The number of hydrogen-bond donors (Lipinski definition) is 3. The minimum atomic E-state index is -0.766. The number of allylic oxidation sites excluding steroid dienone is 1. The average Bonchev–Trinajstić information content (AvgIpc) is 2.98. The van der Waals surface area contributed by atoms with Crippen molar-refractivity contribution in [2.24, 2.45) is 11.8 Å². The number of phenolic OH excluding ortho intramolecular Hbond substituents is 1. The highest BCUT2D eigenvalue weighted by atomic mass is 16.4. The van der Waals surface area contributed by atoms with Gasteiger partial charge in [0.2, 0.25) is 0 Å². The molecule has 1 aromatic rings. The first-order chi connectivity index (χ1) is 19.7. The molecular formula is C37H76O4. The van der Waals surface area contributed by atoms with E-state index in [1.54, 1.807) is 37.3 Å². The van der Waals surface area contributed by atoms with Gasteiger partial charge in [0.05, 0.1) is 12.2 Å². The zero-order valence-electron chi connectivity index (χ0n) is 30.1. The minimum absolute atomic E-state index is 0.108. The van der Waals surface area contributed by atoms with Gasteiger partial charge in [-0.2, -0.15) is 0 Å². The maximum Gasteiger partial charge on any atom is 0.307 e. The van der Waals surface area contributed by atoms with Gasteiger partial charge in [0, 0.05) is 0 Å². The molecule has 4 nitrogen and oxygen atoms in total. The predicted molar refractivity (Wildman–Crippen MR) is 187 cm³/mol. The van der Waals surface area contributed by atoms with Crippen molar-refractivity contribution in [2.45, 2.75) is 173 Å². The lowest BCUT2D eigenvalue weighted by molar-refractivity contribution is -0.143. The van der Waals surface area contributed by atoms with Gasteiger partial charge >= 0.3 is 5.97 Å². The summed E-state index contributed by atoms with van der Waals surface area (Å²) in [4.78, 5) is 11.0. The van der Waals surface area contributed by atoms with E-state index in [0.717, 1.165) is 11.8 Å². The number of aliphatic hydroxyl groups excluding tert-OH is 1. The fourth-order valence-corrected chi connectivity index (χ4v) is 3.02. The third kappa shape index (κ3) is 54.7. The van der Waals surface area contributed by atoms with Gasteiger partial charge in [0.1, 0.15) is 5.75 Å². The summed E-state index contributed by atoms with van der Waals surface area (Å²) < 4.78 is 0. The van der Waals surface area contributed by atoms with E-state index in [1.165, 1.54) is 77.0 Å². The number of rotatable bonds is 13. The Bertz CT molecular complexity index is 551. The SMILES string of the molecule is C/C=C/O.CC.CC.CC(C)[C@H](Cc1ccc(O)cc1)C(=O)O.CCC.CCCCCCC.CCCCCCCC. The van der Waals surface area contributed by atoms with Gasteiger partial charge in [-0.1, -0.05) is 178 Å². The maximum atomic E-state index is 11.0. The van der Waals surface area contributed by atoms with E-state index in [2.05, 4.69) is 41.5 Å². The minimum Gasteiger partial charge on any atom is -0.516 e. The van der Waals surface area contributed by atoms with E-state index in [9.17, 15) is 4.79 Å². The van der Waals surface area contributed by atoms with Crippen LogP contribution in [0.1, 0.15) is 173 Å². The first-order valence-electron chi connectivity index (χ1n) is 16.9. The van der Waals surface area contributed by atoms with E-state index in [0.29, 0.717) is 6.42 Å². The summed E-state index contributed by atoms with van der Waals surface area (Å²) in [5.41, 5.74) is 0.939. The van der Waals surface area contributed by atoms with E-state index >= 15 is 0 Å². The summed E-state index contributed by atoms with van der Waals surface area (Å²) in [7, 11) is 0. The molecule has 4 heteroatoms. The number of aromatic hydroxyl groups is 1. The van der Waals surface area contributed by atoms with Crippen molar-refractivity contribution in [1.82, 2.24) is 0 Å². The Hall–Kier alpha value is -1.97. The molecule has 0 unspecified atom stereocenters. The molecule has 0 aliphatic heterocycles. The molecule has 0 bridgehead atoms. The van der Waals surface area contributed by atoms with Crippen molar-refractivity contribution in [2.75, 3.05) is 0 Å². The van der Waals surface area contributed by atoms with E-state index in [4.69, 9.17) is 15.3 Å². The average molecular weight is 585 g/mol. The monoisotopic (exact) mass is 585 g/mol. The molecule has 0 aliphatic rings. The van der Waals surface area contributed by atoms with Gasteiger partial charge in [-0.3, -0.25) is 4.79 Å². The Balaban J connectivity index is -0.000000101. The molecule has 0 saturated carbocycles. The molecule has 0 aromatic heterocycles. The quantitative estimate of drug-likeness (QED) is 0.159. The van der Waals surface area contributed by atoms with Gasteiger partial charge in [-0.25, -0.2) is 0 Å². The number of carbonyl (C=O) groups is 1. The molecule has 0 amide bonds.